The molecule has 2 N–H and O–H groups in total. The van der Waals surface area contributed by atoms with E-state index >= 15 is 0 Å². The molecule has 2 heterocycles. The number of likely N-dealkylation sites (N-methyl/N-ethyl adjacent to an activating group) is 1. The molecular weight excluding hydrogens is 226 g/mol. The third-order valence-corrected chi connectivity index (χ3v) is 4.60. The van der Waals surface area contributed by atoms with Gasteiger partial charge in [0.2, 0.25) is 0 Å². The van der Waals surface area contributed by atoms with Gasteiger partial charge in [-0.05, 0) is 32.9 Å². The molecule has 106 valence electrons. The molecule has 0 aromatic heterocycles. The molecule has 2 saturated heterocycles. The van der Waals surface area contributed by atoms with Gasteiger partial charge in [0, 0.05) is 44.2 Å². The predicted molar refractivity (Wildman–Crippen MR) is 74.7 cm³/mol. The van der Waals surface area contributed by atoms with E-state index in [-0.39, 0.29) is 0 Å². The van der Waals surface area contributed by atoms with Gasteiger partial charge in [0.25, 0.3) is 0 Å². The van der Waals surface area contributed by atoms with E-state index < -0.39 is 0 Å². The Bertz CT molecular complexity index is 243. The summed E-state index contributed by atoms with van der Waals surface area (Å²) in [5.74, 6) is 0.646. The van der Waals surface area contributed by atoms with Crippen LogP contribution in [0.25, 0.3) is 0 Å². The number of nitrogens with two attached hydrogens (primary N) is 1. The van der Waals surface area contributed by atoms with Crippen molar-refractivity contribution in [3.8, 4) is 0 Å². The maximum Gasteiger partial charge on any atom is 0.0510 e. The number of nitrogens with zero attached hydrogens (tertiary/aromatic N) is 2. The van der Waals surface area contributed by atoms with Crippen molar-refractivity contribution in [3.63, 3.8) is 0 Å². The highest BCUT2D eigenvalue weighted by atomic mass is 16.5. The lowest BCUT2D eigenvalue weighted by Gasteiger charge is -2.39. The molecule has 2 aliphatic rings. The summed E-state index contributed by atoms with van der Waals surface area (Å²) in [5.41, 5.74) is 6.08. The van der Waals surface area contributed by atoms with Gasteiger partial charge in [-0.15, -0.1) is 0 Å². The van der Waals surface area contributed by atoms with Gasteiger partial charge in [0.05, 0.1) is 6.61 Å². The molecule has 18 heavy (non-hydrogen) atoms. The lowest BCUT2D eigenvalue weighted by molar-refractivity contribution is 0.0828. The minimum absolute atomic E-state index is 0.518. The van der Waals surface area contributed by atoms with Gasteiger partial charge in [0.15, 0.2) is 0 Å². The highest BCUT2D eigenvalue weighted by Crippen LogP contribution is 2.25. The van der Waals surface area contributed by atoms with Crippen molar-refractivity contribution >= 4 is 0 Å². The zero-order valence-corrected chi connectivity index (χ0v) is 12.0. The van der Waals surface area contributed by atoms with Crippen molar-refractivity contribution in [1.29, 1.82) is 0 Å². The molecule has 0 aromatic carbocycles. The Morgan fingerprint density at radius 1 is 1.39 bits per heavy atom. The minimum Gasteiger partial charge on any atom is -0.381 e. The van der Waals surface area contributed by atoms with Crippen molar-refractivity contribution in [2.45, 2.75) is 38.3 Å². The first-order chi connectivity index (χ1) is 8.76. The molecular formula is C14H29N3O. The molecule has 4 nitrogen and oxygen atoms in total. The second kappa shape index (κ2) is 6.85. The van der Waals surface area contributed by atoms with Gasteiger partial charge < -0.3 is 15.4 Å². The lowest BCUT2D eigenvalue weighted by atomic mass is 9.95. The van der Waals surface area contributed by atoms with Crippen LogP contribution in [0.5, 0.6) is 0 Å². The number of hydrogen-bond donors (Lipinski definition) is 1. The number of rotatable bonds is 4. The average Bonchev–Trinajstić information content (AvgIpc) is 2.82. The van der Waals surface area contributed by atoms with E-state index in [0.717, 1.165) is 19.8 Å². The van der Waals surface area contributed by atoms with Crippen molar-refractivity contribution < 1.29 is 4.74 Å². The van der Waals surface area contributed by atoms with E-state index in [2.05, 4.69) is 23.8 Å². The summed E-state index contributed by atoms with van der Waals surface area (Å²) in [7, 11) is 2.24. The topological polar surface area (TPSA) is 41.7 Å². The summed E-state index contributed by atoms with van der Waals surface area (Å²) < 4.78 is 5.56. The zero-order chi connectivity index (χ0) is 13.0. The molecule has 2 rings (SSSR count). The van der Waals surface area contributed by atoms with Crippen LogP contribution in [0.15, 0.2) is 0 Å². The Kier molecular flexibility index (Phi) is 5.42. The Hall–Kier alpha value is -0.160. The average molecular weight is 255 g/mol. The minimum atomic E-state index is 0.518. The molecule has 0 amide bonds. The van der Waals surface area contributed by atoms with Crippen molar-refractivity contribution in [1.82, 2.24) is 9.80 Å². The molecule has 0 radical (unpaired) electrons. The molecule has 2 aliphatic heterocycles. The van der Waals surface area contributed by atoms with Crippen LogP contribution in [0.1, 0.15) is 26.2 Å². The predicted octanol–water partition coefficient (Wildman–Crippen LogP) is 0.766. The summed E-state index contributed by atoms with van der Waals surface area (Å²) in [6, 6.07) is 1.18. The van der Waals surface area contributed by atoms with E-state index in [1.165, 1.54) is 38.9 Å². The molecule has 0 bridgehead atoms. The summed E-state index contributed by atoms with van der Waals surface area (Å²) in [6.45, 7) is 8.49. The standard InChI is InChI=1S/C14H29N3O/c1-3-13-10-16(2)6-4-7-17(13)14(9-15)12-5-8-18-11-12/h12-14H,3-11,15H2,1-2H3. The Morgan fingerprint density at radius 2 is 2.22 bits per heavy atom. The van der Waals surface area contributed by atoms with Crippen LogP contribution in [0.4, 0.5) is 0 Å². The largest absolute Gasteiger partial charge is 0.381 e. The molecule has 3 atom stereocenters. The van der Waals surface area contributed by atoms with Crippen LogP contribution in [0.2, 0.25) is 0 Å². The van der Waals surface area contributed by atoms with E-state index in [9.17, 15) is 0 Å². The summed E-state index contributed by atoms with van der Waals surface area (Å²) >= 11 is 0. The first-order valence-electron chi connectivity index (χ1n) is 7.48. The van der Waals surface area contributed by atoms with E-state index in [4.69, 9.17) is 10.5 Å². The third-order valence-electron chi connectivity index (χ3n) is 4.60. The Balaban J connectivity index is 2.05. The van der Waals surface area contributed by atoms with Gasteiger partial charge >= 0.3 is 0 Å². The molecule has 2 fully saturated rings. The molecule has 0 aliphatic carbocycles. The number of ether oxygens (including phenoxy) is 1. The summed E-state index contributed by atoms with van der Waals surface area (Å²) in [6.07, 6.45) is 3.66. The molecule has 3 unspecified atom stereocenters. The highest BCUT2D eigenvalue weighted by Gasteiger charge is 2.34. The fourth-order valence-corrected chi connectivity index (χ4v) is 3.52. The lowest BCUT2D eigenvalue weighted by Crippen LogP contribution is -2.52. The monoisotopic (exact) mass is 255 g/mol. The maximum absolute atomic E-state index is 6.08. The summed E-state index contributed by atoms with van der Waals surface area (Å²) in [5, 5.41) is 0. The SMILES string of the molecule is CCC1CN(C)CCCN1C(CN)C1CCOC1. The Morgan fingerprint density at radius 3 is 2.83 bits per heavy atom. The zero-order valence-electron chi connectivity index (χ0n) is 12.0. The molecule has 0 saturated carbocycles. The number of hydrogen-bond acceptors (Lipinski definition) is 4. The van der Waals surface area contributed by atoms with Crippen molar-refractivity contribution in [3.05, 3.63) is 0 Å². The second-order valence-electron chi connectivity index (χ2n) is 5.84. The van der Waals surface area contributed by atoms with Crippen LogP contribution in [-0.2, 0) is 4.74 Å². The highest BCUT2D eigenvalue weighted by molar-refractivity contribution is 4.89. The van der Waals surface area contributed by atoms with Gasteiger partial charge in [-0.3, -0.25) is 4.90 Å². The van der Waals surface area contributed by atoms with E-state index in [1.54, 1.807) is 0 Å². The second-order valence-corrected chi connectivity index (χ2v) is 5.84. The third kappa shape index (κ3) is 3.23. The van der Waals surface area contributed by atoms with Gasteiger partial charge in [0.1, 0.15) is 0 Å². The van der Waals surface area contributed by atoms with Gasteiger partial charge in [-0.2, -0.15) is 0 Å². The van der Waals surface area contributed by atoms with Gasteiger partial charge in [-0.1, -0.05) is 6.92 Å². The molecule has 0 spiro atoms. The summed E-state index contributed by atoms with van der Waals surface area (Å²) in [4.78, 5) is 5.15. The molecule has 4 heteroatoms. The van der Waals surface area contributed by atoms with Crippen LogP contribution < -0.4 is 5.73 Å². The van der Waals surface area contributed by atoms with Crippen LogP contribution in [0.3, 0.4) is 0 Å². The van der Waals surface area contributed by atoms with E-state index in [0.29, 0.717) is 18.0 Å². The normalized spacial score (nSPS) is 33.5. The fraction of sp³-hybridized carbons (Fsp3) is 1.00. The first-order valence-corrected chi connectivity index (χ1v) is 7.48. The van der Waals surface area contributed by atoms with Crippen LogP contribution in [-0.4, -0.2) is 68.3 Å². The van der Waals surface area contributed by atoms with Crippen molar-refractivity contribution in [2.24, 2.45) is 11.7 Å². The van der Waals surface area contributed by atoms with E-state index in [1.807, 2.05) is 0 Å². The first kappa shape index (κ1) is 14.3. The fourth-order valence-electron chi connectivity index (χ4n) is 3.52. The maximum atomic E-state index is 6.08. The van der Waals surface area contributed by atoms with Crippen LogP contribution >= 0.6 is 0 Å². The smallest absolute Gasteiger partial charge is 0.0510 e. The van der Waals surface area contributed by atoms with Crippen molar-refractivity contribution in [2.75, 3.05) is 46.4 Å². The van der Waals surface area contributed by atoms with Gasteiger partial charge in [-0.25, -0.2) is 0 Å². The quantitative estimate of drug-likeness (QED) is 0.805. The van der Waals surface area contributed by atoms with Crippen LogP contribution in [0, 0.1) is 5.92 Å². The molecule has 0 aromatic rings. The Labute approximate surface area is 111 Å².